The van der Waals surface area contributed by atoms with Crippen LogP contribution in [0.2, 0.25) is 5.02 Å². The van der Waals surface area contributed by atoms with E-state index in [1.54, 1.807) is 0 Å². The largest absolute Gasteiger partial charge is 0.445 e. The second kappa shape index (κ2) is 7.39. The lowest BCUT2D eigenvalue weighted by Gasteiger charge is -2.11. The van der Waals surface area contributed by atoms with Crippen LogP contribution in [-0.2, 0) is 12.4 Å². The van der Waals surface area contributed by atoms with Crippen molar-refractivity contribution in [3.05, 3.63) is 60.6 Å². The van der Waals surface area contributed by atoms with Gasteiger partial charge < -0.3 is 9.72 Å². The minimum Gasteiger partial charge on any atom is -0.428 e. The molecule has 0 atom stereocenters. The Labute approximate surface area is 168 Å². The molecule has 0 aliphatic carbocycles. The second-order valence-electron chi connectivity index (χ2n) is 5.37. The van der Waals surface area contributed by atoms with E-state index in [4.69, 9.17) is 16.3 Å². The van der Waals surface area contributed by atoms with Gasteiger partial charge in [0.1, 0.15) is 11.5 Å². The molecule has 1 N–H and O–H groups in total. The van der Waals surface area contributed by atoms with Crippen LogP contribution in [0, 0.1) is 5.82 Å². The van der Waals surface area contributed by atoms with Gasteiger partial charge in [-0.15, -0.1) is 5.10 Å². The summed E-state index contributed by atoms with van der Waals surface area (Å²) in [6, 6.07) is 1.20. The normalized spacial score (nSPS) is 12.3. The van der Waals surface area contributed by atoms with Gasteiger partial charge in [0.05, 0.1) is 10.7 Å². The molecule has 2 heterocycles. The fourth-order valence-corrected chi connectivity index (χ4v) is 2.87. The van der Waals surface area contributed by atoms with E-state index in [0.717, 1.165) is 0 Å². The van der Waals surface area contributed by atoms with E-state index in [9.17, 15) is 40.3 Å². The van der Waals surface area contributed by atoms with E-state index in [2.05, 4.69) is 10.2 Å². The Bertz CT molecular complexity index is 1200. The third-order valence-corrected chi connectivity index (χ3v) is 4.47. The number of rotatable bonds is 3. The molecule has 0 fully saturated rings. The molecule has 0 spiro atoms. The van der Waals surface area contributed by atoms with Crippen LogP contribution in [-0.4, -0.2) is 19.7 Å². The van der Waals surface area contributed by atoms with Gasteiger partial charge in [0, 0.05) is 12.1 Å². The van der Waals surface area contributed by atoms with Gasteiger partial charge in [0.15, 0.2) is 5.75 Å². The van der Waals surface area contributed by atoms with Crippen molar-refractivity contribution in [2.45, 2.75) is 12.4 Å². The summed E-state index contributed by atoms with van der Waals surface area (Å²) in [4.78, 5) is 25.3. The molecule has 0 aliphatic heterocycles. The van der Waals surface area contributed by atoms with Crippen LogP contribution in [0.3, 0.4) is 0 Å². The lowest BCUT2D eigenvalue weighted by atomic mass is 10.2. The molecule has 0 bridgehead atoms. The molecule has 0 amide bonds. The molecule has 160 valence electrons. The van der Waals surface area contributed by atoms with Crippen molar-refractivity contribution in [2.24, 2.45) is 0 Å². The number of benzene rings is 1. The minimum atomic E-state index is -5.04. The van der Waals surface area contributed by atoms with Crippen molar-refractivity contribution in [1.29, 1.82) is 0 Å². The summed E-state index contributed by atoms with van der Waals surface area (Å²) in [5.74, 6) is -1.84. The smallest absolute Gasteiger partial charge is 0.428 e. The summed E-state index contributed by atoms with van der Waals surface area (Å²) < 4.78 is 95.1. The molecule has 0 aliphatic rings. The van der Waals surface area contributed by atoms with Gasteiger partial charge in [0.25, 0.3) is 10.8 Å². The van der Waals surface area contributed by atoms with Gasteiger partial charge in [-0.2, -0.15) is 26.3 Å². The molecule has 30 heavy (non-hydrogen) atoms. The maximum absolute atomic E-state index is 14.3. The molecular formula is C14H4ClF7N4O3S. The summed E-state index contributed by atoms with van der Waals surface area (Å²) in [6.45, 7) is 0. The highest BCUT2D eigenvalue weighted by atomic mass is 35.5. The monoisotopic (exact) mass is 476 g/mol. The van der Waals surface area contributed by atoms with Crippen LogP contribution < -0.4 is 16.0 Å². The second-order valence-corrected chi connectivity index (χ2v) is 6.71. The van der Waals surface area contributed by atoms with Crippen molar-refractivity contribution in [3.63, 3.8) is 0 Å². The SMILES string of the molecule is O=c1cc(C(F)(F)F)[nH]c(=O)n1-c1cc(Oc2nnc(C(F)(F)F)s2)c(Cl)cc1F. The third-order valence-electron chi connectivity index (χ3n) is 3.33. The molecule has 0 radical (unpaired) electrons. The first-order chi connectivity index (χ1) is 13.8. The molecule has 0 saturated heterocycles. The Kier molecular flexibility index (Phi) is 5.36. The predicted octanol–water partition coefficient (Wildman–Crippen LogP) is 4.00. The first-order valence-corrected chi connectivity index (χ1v) is 8.48. The lowest BCUT2D eigenvalue weighted by molar-refractivity contribution is -0.141. The van der Waals surface area contributed by atoms with Crippen molar-refractivity contribution in [3.8, 4) is 16.6 Å². The summed E-state index contributed by atoms with van der Waals surface area (Å²) in [6.07, 6.45) is -9.85. The average molecular weight is 477 g/mol. The van der Waals surface area contributed by atoms with Crippen LogP contribution in [0.15, 0.2) is 27.8 Å². The minimum absolute atomic E-state index is 0.0228. The van der Waals surface area contributed by atoms with Crippen molar-refractivity contribution >= 4 is 22.9 Å². The third kappa shape index (κ3) is 4.30. The summed E-state index contributed by atoms with van der Waals surface area (Å²) in [5, 5.41) is 3.49. The highest BCUT2D eigenvalue weighted by molar-refractivity contribution is 7.13. The summed E-state index contributed by atoms with van der Waals surface area (Å²) in [5.41, 5.74) is -5.69. The van der Waals surface area contributed by atoms with E-state index in [1.807, 2.05) is 0 Å². The fourth-order valence-electron chi connectivity index (χ4n) is 2.10. The number of H-pyrrole nitrogens is 1. The lowest BCUT2D eigenvalue weighted by Crippen LogP contribution is -2.36. The zero-order valence-electron chi connectivity index (χ0n) is 13.7. The molecule has 3 aromatic rings. The Morgan fingerprint density at radius 2 is 1.70 bits per heavy atom. The Morgan fingerprint density at radius 3 is 2.23 bits per heavy atom. The number of ether oxygens (including phenoxy) is 1. The first-order valence-electron chi connectivity index (χ1n) is 7.29. The Morgan fingerprint density at radius 1 is 1.03 bits per heavy atom. The predicted molar refractivity (Wildman–Crippen MR) is 87.6 cm³/mol. The number of aromatic amines is 1. The number of hydrogen-bond donors (Lipinski definition) is 1. The molecule has 0 saturated carbocycles. The van der Waals surface area contributed by atoms with E-state index in [1.165, 1.54) is 4.98 Å². The number of hydrogen-bond acceptors (Lipinski definition) is 6. The van der Waals surface area contributed by atoms with Gasteiger partial charge >= 0.3 is 18.0 Å². The number of aromatic nitrogens is 4. The van der Waals surface area contributed by atoms with Crippen LogP contribution in [0.4, 0.5) is 30.7 Å². The van der Waals surface area contributed by atoms with Gasteiger partial charge in [0.2, 0.25) is 5.01 Å². The quantitative estimate of drug-likeness (QED) is 0.577. The standard InChI is InChI=1S/C14H4ClF7N4O3S/c15-4-1-5(16)6(26-9(27)3-8(13(17,18)19)23-11(26)28)2-7(4)29-12-25-24-10(30-12)14(20,21)22/h1-3H,(H,23,28). The number of nitrogens with one attached hydrogen (secondary N) is 1. The molecule has 2 aromatic heterocycles. The number of nitrogens with zero attached hydrogens (tertiary/aromatic N) is 3. The van der Waals surface area contributed by atoms with Crippen LogP contribution in [0.5, 0.6) is 10.9 Å². The van der Waals surface area contributed by atoms with E-state index >= 15 is 0 Å². The fraction of sp³-hybridized carbons (Fsp3) is 0.143. The van der Waals surface area contributed by atoms with Crippen molar-refractivity contribution < 1.29 is 35.5 Å². The highest BCUT2D eigenvalue weighted by Gasteiger charge is 2.36. The molecule has 3 rings (SSSR count). The molecule has 7 nitrogen and oxygen atoms in total. The number of alkyl halides is 6. The molecule has 0 unspecified atom stereocenters. The number of halogens is 8. The van der Waals surface area contributed by atoms with Crippen LogP contribution in [0.25, 0.3) is 5.69 Å². The maximum atomic E-state index is 14.3. The molecule has 16 heteroatoms. The van der Waals surface area contributed by atoms with Crippen molar-refractivity contribution in [1.82, 2.24) is 19.7 Å². The molecular weight excluding hydrogens is 473 g/mol. The first kappa shape index (κ1) is 21.8. The Hall–Kier alpha value is -2.94. The Balaban J connectivity index is 2.08. The van der Waals surface area contributed by atoms with Gasteiger partial charge in [-0.05, 0) is 6.07 Å². The average Bonchev–Trinajstić information content (AvgIpc) is 3.06. The van der Waals surface area contributed by atoms with E-state index in [-0.39, 0.29) is 22.0 Å². The zero-order valence-corrected chi connectivity index (χ0v) is 15.3. The van der Waals surface area contributed by atoms with Crippen LogP contribution in [0.1, 0.15) is 10.7 Å². The van der Waals surface area contributed by atoms with Crippen LogP contribution >= 0.6 is 22.9 Å². The summed E-state index contributed by atoms with van der Waals surface area (Å²) >= 11 is 5.72. The maximum Gasteiger partial charge on any atom is 0.445 e. The van der Waals surface area contributed by atoms with E-state index < -0.39 is 61.8 Å². The highest BCUT2D eigenvalue weighted by Crippen LogP contribution is 2.38. The zero-order chi connectivity index (χ0) is 22.4. The van der Waals surface area contributed by atoms with E-state index in [0.29, 0.717) is 12.1 Å². The summed E-state index contributed by atoms with van der Waals surface area (Å²) in [7, 11) is 0. The van der Waals surface area contributed by atoms with Gasteiger partial charge in [-0.1, -0.05) is 28.0 Å². The topological polar surface area (TPSA) is 89.9 Å². The van der Waals surface area contributed by atoms with Gasteiger partial charge in [-0.25, -0.2) is 13.8 Å². The molecule has 1 aromatic carbocycles. The van der Waals surface area contributed by atoms with Crippen molar-refractivity contribution in [2.75, 3.05) is 0 Å². The van der Waals surface area contributed by atoms with Gasteiger partial charge in [-0.3, -0.25) is 4.79 Å².